The molecule has 0 spiro atoms. The van der Waals surface area contributed by atoms with Gasteiger partial charge >= 0.3 is 0 Å². The van der Waals surface area contributed by atoms with Crippen LogP contribution in [0.1, 0.15) is 18.9 Å². The molecule has 1 saturated heterocycles. The smallest absolute Gasteiger partial charge is 0.277 e. The summed E-state index contributed by atoms with van der Waals surface area (Å²) in [6.45, 7) is 2.33. The molecule has 1 aromatic rings. The van der Waals surface area contributed by atoms with Crippen LogP contribution in [0.2, 0.25) is 0 Å². The maximum atomic E-state index is 13.0. The summed E-state index contributed by atoms with van der Waals surface area (Å²) >= 11 is 1.27. The zero-order chi connectivity index (χ0) is 18.6. The lowest BCUT2D eigenvalue weighted by Crippen LogP contribution is -2.48. The first-order valence-electron chi connectivity index (χ1n) is 8.50. The third-order valence-electron chi connectivity index (χ3n) is 4.50. The van der Waals surface area contributed by atoms with Gasteiger partial charge in [-0.3, -0.25) is 14.5 Å². The average molecular weight is 371 g/mol. The van der Waals surface area contributed by atoms with E-state index in [-0.39, 0.29) is 5.91 Å². The van der Waals surface area contributed by atoms with E-state index in [0.29, 0.717) is 29.4 Å². The number of thioether (sulfide) groups is 1. The van der Waals surface area contributed by atoms with Crippen molar-refractivity contribution < 1.29 is 14.7 Å². The van der Waals surface area contributed by atoms with Gasteiger partial charge in [0.05, 0.1) is 5.75 Å². The summed E-state index contributed by atoms with van der Waals surface area (Å²) in [7, 11) is 0. The summed E-state index contributed by atoms with van der Waals surface area (Å²) in [5, 5.41) is 15.9. The van der Waals surface area contributed by atoms with Crippen LogP contribution < -0.4 is 5.43 Å². The highest BCUT2D eigenvalue weighted by Crippen LogP contribution is 2.35. The van der Waals surface area contributed by atoms with Crippen molar-refractivity contribution in [2.75, 3.05) is 12.3 Å². The second kappa shape index (κ2) is 7.88. The third kappa shape index (κ3) is 3.45. The van der Waals surface area contributed by atoms with Crippen LogP contribution in [-0.2, 0) is 15.2 Å². The van der Waals surface area contributed by atoms with Crippen LogP contribution in [0.5, 0.6) is 0 Å². The maximum Gasteiger partial charge on any atom is 0.277 e. The Hall–Kier alpha value is -2.38. The zero-order valence-corrected chi connectivity index (χ0v) is 15.3. The minimum absolute atomic E-state index is 0.0378. The second-order valence-electron chi connectivity index (χ2n) is 6.05. The monoisotopic (exact) mass is 371 g/mol. The standard InChI is InChI=1S/C19H21N3O3S/c1-2-22-16(23)13-26-18(22)21-20-17(24)19(25,14-9-5-3-6-10-14)15-11-7-4-8-12-15/h3-11,15,25H,2,12-13H2,1H3,(H,20,24)/b21-18+/t15-,19-/m0/s1. The fourth-order valence-electron chi connectivity index (χ4n) is 3.07. The Bertz CT molecular complexity index is 775. The predicted molar refractivity (Wildman–Crippen MR) is 102 cm³/mol. The lowest BCUT2D eigenvalue weighted by atomic mass is 9.77. The van der Waals surface area contributed by atoms with E-state index >= 15 is 0 Å². The van der Waals surface area contributed by atoms with Gasteiger partial charge in [0, 0.05) is 12.5 Å². The van der Waals surface area contributed by atoms with Crippen molar-refractivity contribution in [2.45, 2.75) is 18.9 Å². The molecule has 2 aliphatic rings. The number of nitrogens with one attached hydrogen (secondary N) is 1. The minimum atomic E-state index is -1.75. The zero-order valence-electron chi connectivity index (χ0n) is 14.5. The number of carbonyl (C=O) groups excluding carboxylic acids is 2. The van der Waals surface area contributed by atoms with E-state index in [1.54, 1.807) is 24.3 Å². The highest BCUT2D eigenvalue weighted by atomic mass is 32.2. The Morgan fingerprint density at radius 1 is 1.38 bits per heavy atom. The van der Waals surface area contributed by atoms with Gasteiger partial charge in [-0.2, -0.15) is 0 Å². The molecule has 1 fully saturated rings. The second-order valence-corrected chi connectivity index (χ2v) is 6.99. The molecule has 136 valence electrons. The molecule has 0 radical (unpaired) electrons. The molecule has 0 unspecified atom stereocenters. The van der Waals surface area contributed by atoms with Crippen molar-refractivity contribution in [1.29, 1.82) is 0 Å². The molecule has 0 bridgehead atoms. The molecule has 0 aromatic heterocycles. The van der Waals surface area contributed by atoms with E-state index in [2.05, 4.69) is 10.5 Å². The molecule has 1 heterocycles. The molecule has 1 aliphatic carbocycles. The first kappa shape index (κ1) is 18.4. The van der Waals surface area contributed by atoms with Crippen LogP contribution in [0, 0.1) is 5.92 Å². The molecule has 2 atom stereocenters. The summed E-state index contributed by atoms with van der Waals surface area (Å²) in [5.41, 5.74) is 1.22. The number of nitrogens with zero attached hydrogens (tertiary/aromatic N) is 2. The maximum absolute atomic E-state index is 13.0. The molecular formula is C19H21N3O3S. The third-order valence-corrected chi connectivity index (χ3v) is 5.46. The predicted octanol–water partition coefficient (Wildman–Crippen LogP) is 1.99. The van der Waals surface area contributed by atoms with Gasteiger partial charge in [0.25, 0.3) is 5.91 Å². The minimum Gasteiger partial charge on any atom is -0.375 e. The van der Waals surface area contributed by atoms with Crippen molar-refractivity contribution in [3.05, 3.63) is 60.2 Å². The number of aliphatic hydroxyl groups is 1. The van der Waals surface area contributed by atoms with Crippen molar-refractivity contribution >= 4 is 28.7 Å². The lowest BCUT2D eigenvalue weighted by molar-refractivity contribution is -0.145. The van der Waals surface area contributed by atoms with E-state index in [1.165, 1.54) is 16.7 Å². The first-order valence-corrected chi connectivity index (χ1v) is 9.48. The largest absolute Gasteiger partial charge is 0.375 e. The fraction of sp³-hybridized carbons (Fsp3) is 0.316. The topological polar surface area (TPSA) is 82.0 Å². The molecule has 1 aromatic carbocycles. The Labute approximate surface area is 156 Å². The van der Waals surface area contributed by atoms with Crippen LogP contribution in [0.15, 0.2) is 59.7 Å². The Morgan fingerprint density at radius 3 is 2.81 bits per heavy atom. The summed E-state index contributed by atoms with van der Waals surface area (Å²) < 4.78 is 0. The Balaban J connectivity index is 1.87. The quantitative estimate of drug-likeness (QED) is 0.776. The van der Waals surface area contributed by atoms with Crippen molar-refractivity contribution in [3.63, 3.8) is 0 Å². The van der Waals surface area contributed by atoms with Gasteiger partial charge in [-0.05, 0) is 18.9 Å². The van der Waals surface area contributed by atoms with E-state index in [1.807, 2.05) is 37.3 Å². The Kier molecular flexibility index (Phi) is 5.58. The SMILES string of the molecule is CCN1C(=O)CS/C1=N/NC(=O)[C@](O)(c1ccccc1)[C@H]1C=CC=CC1. The van der Waals surface area contributed by atoms with Crippen molar-refractivity contribution in [2.24, 2.45) is 11.0 Å². The molecule has 2 amide bonds. The molecule has 26 heavy (non-hydrogen) atoms. The lowest BCUT2D eigenvalue weighted by Gasteiger charge is -2.33. The van der Waals surface area contributed by atoms with Gasteiger partial charge in [-0.15, -0.1) is 5.10 Å². The first-order chi connectivity index (χ1) is 12.6. The number of amides is 2. The fourth-order valence-corrected chi connectivity index (χ4v) is 3.98. The Morgan fingerprint density at radius 2 is 2.15 bits per heavy atom. The van der Waals surface area contributed by atoms with Gasteiger partial charge in [0.1, 0.15) is 0 Å². The van der Waals surface area contributed by atoms with Crippen LogP contribution in [0.25, 0.3) is 0 Å². The molecule has 7 heteroatoms. The summed E-state index contributed by atoms with van der Waals surface area (Å²) in [5.74, 6) is -0.752. The molecule has 1 aliphatic heterocycles. The van der Waals surface area contributed by atoms with Gasteiger partial charge in [-0.25, -0.2) is 5.43 Å². The molecular weight excluding hydrogens is 350 g/mol. The van der Waals surface area contributed by atoms with E-state index < -0.39 is 17.4 Å². The van der Waals surface area contributed by atoms with Gasteiger partial charge < -0.3 is 5.11 Å². The number of amidine groups is 1. The van der Waals surface area contributed by atoms with E-state index in [4.69, 9.17) is 0 Å². The van der Waals surface area contributed by atoms with Crippen LogP contribution in [0.4, 0.5) is 0 Å². The molecule has 2 N–H and O–H groups in total. The highest BCUT2D eigenvalue weighted by Gasteiger charge is 2.44. The normalized spacial score (nSPS) is 23.3. The van der Waals surface area contributed by atoms with E-state index in [9.17, 15) is 14.7 Å². The van der Waals surface area contributed by atoms with Crippen molar-refractivity contribution in [1.82, 2.24) is 10.3 Å². The number of benzene rings is 1. The number of carbonyl (C=O) groups is 2. The van der Waals surface area contributed by atoms with Gasteiger partial charge in [-0.1, -0.05) is 66.4 Å². The average Bonchev–Trinajstić information content (AvgIpc) is 3.06. The number of rotatable bonds is 5. The number of hydrazone groups is 1. The molecule has 0 saturated carbocycles. The molecule has 3 rings (SSSR count). The number of hydrogen-bond acceptors (Lipinski definition) is 5. The molecule has 6 nitrogen and oxygen atoms in total. The summed E-state index contributed by atoms with van der Waals surface area (Å²) in [6, 6.07) is 8.85. The summed E-state index contributed by atoms with van der Waals surface area (Å²) in [6.07, 6.45) is 8.00. The van der Waals surface area contributed by atoms with Crippen LogP contribution >= 0.6 is 11.8 Å². The number of hydrogen-bond donors (Lipinski definition) is 2. The van der Waals surface area contributed by atoms with Crippen molar-refractivity contribution in [3.8, 4) is 0 Å². The van der Waals surface area contributed by atoms with Crippen LogP contribution in [0.3, 0.4) is 0 Å². The highest BCUT2D eigenvalue weighted by molar-refractivity contribution is 8.15. The van der Waals surface area contributed by atoms with Crippen LogP contribution in [-0.4, -0.2) is 39.3 Å². The summed E-state index contributed by atoms with van der Waals surface area (Å²) in [4.78, 5) is 26.2. The van der Waals surface area contributed by atoms with Gasteiger partial charge in [0.2, 0.25) is 5.91 Å². The van der Waals surface area contributed by atoms with Gasteiger partial charge in [0.15, 0.2) is 10.8 Å². The van der Waals surface area contributed by atoms with E-state index in [0.717, 1.165) is 0 Å². The number of allylic oxidation sites excluding steroid dienone is 3.